The molecule has 0 unspecified atom stereocenters. The van der Waals surface area contributed by atoms with Crippen molar-refractivity contribution in [1.29, 1.82) is 0 Å². The molecule has 0 radical (unpaired) electrons. The van der Waals surface area contributed by atoms with Gasteiger partial charge < -0.3 is 0 Å². The van der Waals surface area contributed by atoms with Crippen LogP contribution in [0.15, 0.2) is 0 Å². The summed E-state index contributed by atoms with van der Waals surface area (Å²) in [4.78, 5) is 32.2. The van der Waals surface area contributed by atoms with Gasteiger partial charge in [-0.15, -0.1) is 0 Å². The van der Waals surface area contributed by atoms with Crippen LogP contribution >= 0.6 is 39.7 Å². The van der Waals surface area contributed by atoms with Crippen molar-refractivity contribution >= 4 is 55.0 Å². The molecule has 0 aromatic heterocycles. The van der Waals surface area contributed by atoms with Gasteiger partial charge in [0.15, 0.2) is 15.3 Å². The lowest BCUT2D eigenvalue weighted by Gasteiger charge is -2.08. The van der Waals surface area contributed by atoms with E-state index in [2.05, 4.69) is 0 Å². The molecule has 0 spiro atoms. The molecular weight excluding hydrogens is 247 g/mol. The summed E-state index contributed by atoms with van der Waals surface area (Å²) in [6, 6.07) is 0. The highest BCUT2D eigenvalue weighted by atomic mass is 33.4. The van der Waals surface area contributed by atoms with Gasteiger partial charge in [0.2, 0.25) is 0 Å². The minimum absolute atomic E-state index is 0.0615. The van der Waals surface area contributed by atoms with Crippen LogP contribution in [-0.2, 0) is 14.4 Å². The molecule has 0 saturated heterocycles. The van der Waals surface area contributed by atoms with E-state index in [4.69, 9.17) is 0 Å². The molecule has 0 rings (SSSR count). The normalized spacial score (nSPS) is 10.2. The summed E-state index contributed by atoms with van der Waals surface area (Å²) in [6.07, 6.45) is 0. The van der Waals surface area contributed by atoms with Crippen LogP contribution in [0.2, 0.25) is 0 Å². The Bertz CT molecular complexity index is 193. The van der Waals surface area contributed by atoms with E-state index in [0.717, 1.165) is 34.1 Å². The molecule has 0 aliphatic heterocycles. The summed E-state index contributed by atoms with van der Waals surface area (Å²) >= 11 is 3.20. The Morgan fingerprint density at radius 2 is 1.00 bits per heavy atom. The number of carbonyl (C=O) groups excluding carboxylic acids is 3. The van der Waals surface area contributed by atoms with Gasteiger partial charge in [-0.2, -0.15) is 0 Å². The maximum absolute atomic E-state index is 10.7. The molecular formula is C6H9O3PS3. The van der Waals surface area contributed by atoms with Gasteiger partial charge >= 0.3 is 0 Å². The topological polar surface area (TPSA) is 51.2 Å². The van der Waals surface area contributed by atoms with E-state index in [-0.39, 0.29) is 15.3 Å². The van der Waals surface area contributed by atoms with E-state index in [9.17, 15) is 14.4 Å². The van der Waals surface area contributed by atoms with Gasteiger partial charge in [0.05, 0.1) is 5.53 Å². The molecule has 3 nitrogen and oxygen atoms in total. The van der Waals surface area contributed by atoms with Crippen LogP contribution in [0.1, 0.15) is 20.8 Å². The Morgan fingerprint density at radius 1 is 0.769 bits per heavy atom. The molecule has 0 fully saturated rings. The summed E-state index contributed by atoms with van der Waals surface area (Å²) in [7, 11) is 0. The minimum Gasteiger partial charge on any atom is -0.287 e. The highest BCUT2D eigenvalue weighted by Gasteiger charge is 2.18. The molecule has 0 saturated carbocycles. The Hall–Kier alpha value is 0.490. The fourth-order valence-electron chi connectivity index (χ4n) is 0.371. The molecule has 0 amide bonds. The van der Waals surface area contributed by atoms with E-state index in [0.29, 0.717) is 0 Å². The molecule has 0 bridgehead atoms. The van der Waals surface area contributed by atoms with Gasteiger partial charge in [-0.25, -0.2) is 0 Å². The van der Waals surface area contributed by atoms with Crippen molar-refractivity contribution in [3.63, 3.8) is 0 Å². The second-order valence-electron chi connectivity index (χ2n) is 1.97. The predicted octanol–water partition coefficient (Wildman–Crippen LogP) is 3.05. The zero-order valence-corrected chi connectivity index (χ0v) is 10.7. The maximum atomic E-state index is 10.7. The molecule has 0 aromatic rings. The average molecular weight is 256 g/mol. The lowest BCUT2D eigenvalue weighted by atomic mass is 10.9. The summed E-state index contributed by atoms with van der Waals surface area (Å²) in [5, 5.41) is -0.184. The molecule has 0 aliphatic carbocycles. The van der Waals surface area contributed by atoms with Crippen molar-refractivity contribution < 1.29 is 14.4 Å². The first-order valence-corrected chi connectivity index (χ1v) is 8.88. The highest BCUT2D eigenvalue weighted by molar-refractivity contribution is 9.18. The van der Waals surface area contributed by atoms with Crippen molar-refractivity contribution in [2.75, 3.05) is 0 Å². The second-order valence-corrected chi connectivity index (χ2v) is 11.7. The van der Waals surface area contributed by atoms with Gasteiger partial charge in [-0.1, -0.05) is 0 Å². The van der Waals surface area contributed by atoms with Crippen LogP contribution in [0.5, 0.6) is 0 Å². The molecule has 74 valence electrons. The number of hydrogen-bond acceptors (Lipinski definition) is 6. The van der Waals surface area contributed by atoms with Crippen molar-refractivity contribution in [3.05, 3.63) is 0 Å². The van der Waals surface area contributed by atoms with Crippen molar-refractivity contribution in [2.45, 2.75) is 20.8 Å². The Labute approximate surface area is 90.2 Å². The zero-order valence-electron chi connectivity index (χ0n) is 7.40. The lowest BCUT2D eigenvalue weighted by Crippen LogP contribution is -1.82. The van der Waals surface area contributed by atoms with Crippen molar-refractivity contribution in [2.24, 2.45) is 0 Å². The first-order chi connectivity index (χ1) is 5.91. The Balaban J connectivity index is 4.10. The Morgan fingerprint density at radius 3 is 1.15 bits per heavy atom. The van der Waals surface area contributed by atoms with Crippen LogP contribution in [0.4, 0.5) is 0 Å². The third-order valence-corrected chi connectivity index (χ3v) is 9.51. The maximum Gasteiger partial charge on any atom is 0.191 e. The van der Waals surface area contributed by atoms with E-state index >= 15 is 0 Å². The molecule has 0 heterocycles. The van der Waals surface area contributed by atoms with Gasteiger partial charge in [0.1, 0.15) is 0 Å². The standard InChI is InChI=1S/C6H9O3PS3/c1-4(7)11-10(12-5(2)8)13-6(3)9/h1-3H3. The van der Waals surface area contributed by atoms with E-state index in [1.54, 1.807) is 0 Å². The summed E-state index contributed by atoms with van der Waals surface area (Å²) < 4.78 is 0. The quantitative estimate of drug-likeness (QED) is 0.723. The van der Waals surface area contributed by atoms with Crippen LogP contribution in [0.3, 0.4) is 0 Å². The smallest absolute Gasteiger partial charge is 0.191 e. The first kappa shape index (κ1) is 13.5. The van der Waals surface area contributed by atoms with Gasteiger partial charge in [0.25, 0.3) is 0 Å². The SMILES string of the molecule is CC(=O)SP(SC(C)=O)SC(C)=O. The number of carbonyl (C=O) groups is 3. The van der Waals surface area contributed by atoms with Gasteiger partial charge in [0, 0.05) is 20.8 Å². The molecule has 0 atom stereocenters. The van der Waals surface area contributed by atoms with Gasteiger partial charge in [-0.3, -0.25) is 14.4 Å². The van der Waals surface area contributed by atoms with Crippen molar-refractivity contribution in [1.82, 2.24) is 0 Å². The molecule has 7 heteroatoms. The largest absolute Gasteiger partial charge is 0.287 e. The van der Waals surface area contributed by atoms with Crippen molar-refractivity contribution in [3.8, 4) is 0 Å². The molecule has 0 aliphatic rings. The molecule has 0 N–H and O–H groups in total. The fourth-order valence-corrected chi connectivity index (χ4v) is 10.0. The minimum atomic E-state index is -0.978. The van der Waals surface area contributed by atoms with Crippen LogP contribution < -0.4 is 0 Å². The van der Waals surface area contributed by atoms with Crippen LogP contribution in [0, 0.1) is 0 Å². The second kappa shape index (κ2) is 6.87. The van der Waals surface area contributed by atoms with Crippen LogP contribution in [0.25, 0.3) is 0 Å². The van der Waals surface area contributed by atoms with Gasteiger partial charge in [-0.05, 0) is 34.1 Å². The van der Waals surface area contributed by atoms with E-state index in [1.165, 1.54) is 20.8 Å². The fraction of sp³-hybridized carbons (Fsp3) is 0.500. The van der Waals surface area contributed by atoms with Crippen LogP contribution in [-0.4, -0.2) is 15.3 Å². The number of rotatable bonds is 3. The van der Waals surface area contributed by atoms with E-state index in [1.807, 2.05) is 0 Å². The lowest BCUT2D eigenvalue weighted by molar-refractivity contribution is -0.109. The molecule has 13 heavy (non-hydrogen) atoms. The third-order valence-electron chi connectivity index (χ3n) is 0.609. The highest BCUT2D eigenvalue weighted by Crippen LogP contribution is 2.70. The average Bonchev–Trinajstić information content (AvgIpc) is 1.80. The Kier molecular flexibility index (Phi) is 7.13. The monoisotopic (exact) mass is 256 g/mol. The summed E-state index contributed by atoms with van der Waals surface area (Å²) in [6.45, 7) is 4.30. The summed E-state index contributed by atoms with van der Waals surface area (Å²) in [5.41, 5.74) is -0.978. The van der Waals surface area contributed by atoms with E-state index < -0.39 is 5.53 Å². The first-order valence-electron chi connectivity index (χ1n) is 3.27. The third kappa shape index (κ3) is 8.81. The summed E-state index contributed by atoms with van der Waals surface area (Å²) in [5.74, 6) is 0. The molecule has 0 aromatic carbocycles. The number of hydrogen-bond donors (Lipinski definition) is 0. The predicted molar refractivity (Wildman–Crippen MR) is 61.7 cm³/mol. The zero-order chi connectivity index (χ0) is 10.4.